The molecule has 1 aliphatic rings. The highest BCUT2D eigenvalue weighted by atomic mass is 16.2. The van der Waals surface area contributed by atoms with E-state index < -0.39 is 0 Å². The summed E-state index contributed by atoms with van der Waals surface area (Å²) in [6.07, 6.45) is 0. The van der Waals surface area contributed by atoms with Crippen LogP contribution in [0.4, 0.5) is 11.4 Å². The summed E-state index contributed by atoms with van der Waals surface area (Å²) in [7, 11) is 0. The van der Waals surface area contributed by atoms with Gasteiger partial charge in [0, 0.05) is 44.1 Å². The van der Waals surface area contributed by atoms with Gasteiger partial charge in [0.2, 0.25) is 5.91 Å². The fourth-order valence-corrected chi connectivity index (χ4v) is 3.80. The summed E-state index contributed by atoms with van der Waals surface area (Å²) in [5.74, 6) is 0.0704. The minimum atomic E-state index is 0.0704. The normalized spacial score (nSPS) is 14.5. The van der Waals surface area contributed by atoms with Gasteiger partial charge in [-0.25, -0.2) is 0 Å². The first kappa shape index (κ1) is 20.0. The van der Waals surface area contributed by atoms with Crippen molar-refractivity contribution < 1.29 is 4.79 Å². The van der Waals surface area contributed by atoms with Crippen LogP contribution in [0.25, 0.3) is 11.1 Å². The molecule has 0 aliphatic carbocycles. The summed E-state index contributed by atoms with van der Waals surface area (Å²) in [5, 5.41) is 3.07. The lowest BCUT2D eigenvalue weighted by Crippen LogP contribution is -2.49. The van der Waals surface area contributed by atoms with E-state index in [2.05, 4.69) is 57.6 Å². The van der Waals surface area contributed by atoms with E-state index in [-0.39, 0.29) is 5.91 Å². The van der Waals surface area contributed by atoms with Gasteiger partial charge >= 0.3 is 0 Å². The summed E-state index contributed by atoms with van der Waals surface area (Å²) in [5.41, 5.74) is 11.2. The lowest BCUT2D eigenvalue weighted by molar-refractivity contribution is -0.122. The van der Waals surface area contributed by atoms with Gasteiger partial charge in [-0.1, -0.05) is 48.5 Å². The molecule has 0 unspecified atom stereocenters. The fourth-order valence-electron chi connectivity index (χ4n) is 3.80. The number of anilines is 2. The number of carbonyl (C=O) groups is 1. The first-order valence-corrected chi connectivity index (χ1v) is 10.4. The standard InChI is InChI=1S/C25H28N4O/c26-23-9-11-24(12-10-23)29-15-13-28(14-16-29)19-25(30)27-18-20-5-4-8-22(17-20)21-6-2-1-3-7-21/h1-12,17H,13-16,18-19,26H2,(H,27,30). The molecule has 0 atom stereocenters. The minimum Gasteiger partial charge on any atom is -0.399 e. The van der Waals surface area contributed by atoms with Crippen LogP contribution in [0.1, 0.15) is 5.56 Å². The van der Waals surface area contributed by atoms with E-state index in [4.69, 9.17) is 5.73 Å². The Hall–Kier alpha value is -3.31. The Morgan fingerprint density at radius 2 is 1.53 bits per heavy atom. The van der Waals surface area contributed by atoms with Gasteiger partial charge in [0.05, 0.1) is 6.54 Å². The largest absolute Gasteiger partial charge is 0.399 e. The maximum Gasteiger partial charge on any atom is 0.234 e. The molecule has 0 saturated carbocycles. The predicted molar refractivity (Wildman–Crippen MR) is 123 cm³/mol. The van der Waals surface area contributed by atoms with Crippen molar-refractivity contribution in [1.82, 2.24) is 10.2 Å². The van der Waals surface area contributed by atoms with Crippen molar-refractivity contribution in [3.8, 4) is 11.1 Å². The molecule has 0 radical (unpaired) electrons. The lowest BCUT2D eigenvalue weighted by Gasteiger charge is -2.35. The Labute approximate surface area is 178 Å². The van der Waals surface area contributed by atoms with Gasteiger partial charge in [0.15, 0.2) is 0 Å². The summed E-state index contributed by atoms with van der Waals surface area (Å²) in [6, 6.07) is 26.6. The third-order valence-electron chi connectivity index (χ3n) is 5.52. The van der Waals surface area contributed by atoms with Gasteiger partial charge in [-0.2, -0.15) is 0 Å². The SMILES string of the molecule is Nc1ccc(N2CCN(CC(=O)NCc3cccc(-c4ccccc4)c3)CC2)cc1. The van der Waals surface area contributed by atoms with E-state index in [1.54, 1.807) is 0 Å². The van der Waals surface area contributed by atoms with E-state index in [1.807, 2.05) is 36.4 Å². The topological polar surface area (TPSA) is 61.6 Å². The van der Waals surface area contributed by atoms with Crippen LogP contribution >= 0.6 is 0 Å². The molecule has 1 aliphatic heterocycles. The maximum absolute atomic E-state index is 12.4. The Balaban J connectivity index is 1.24. The molecule has 3 aromatic rings. The van der Waals surface area contributed by atoms with E-state index in [1.165, 1.54) is 16.8 Å². The van der Waals surface area contributed by atoms with E-state index >= 15 is 0 Å². The number of nitrogens with one attached hydrogen (secondary N) is 1. The first-order valence-electron chi connectivity index (χ1n) is 10.4. The average Bonchev–Trinajstić information content (AvgIpc) is 2.80. The molecule has 0 aromatic heterocycles. The Bertz CT molecular complexity index is 964. The molecule has 4 rings (SSSR count). The van der Waals surface area contributed by atoms with Crippen molar-refractivity contribution in [3.63, 3.8) is 0 Å². The van der Waals surface area contributed by atoms with Crippen LogP contribution in [0.5, 0.6) is 0 Å². The van der Waals surface area contributed by atoms with Crippen LogP contribution in [-0.2, 0) is 11.3 Å². The molecule has 0 spiro atoms. The second kappa shape index (κ2) is 9.46. The van der Waals surface area contributed by atoms with Crippen molar-refractivity contribution in [2.75, 3.05) is 43.4 Å². The molecule has 3 aromatic carbocycles. The van der Waals surface area contributed by atoms with Gasteiger partial charge in [0.25, 0.3) is 0 Å². The number of nitrogens with zero attached hydrogens (tertiary/aromatic N) is 2. The molecule has 5 heteroatoms. The monoisotopic (exact) mass is 400 g/mol. The van der Waals surface area contributed by atoms with Crippen LogP contribution in [-0.4, -0.2) is 43.5 Å². The number of nitrogen functional groups attached to an aromatic ring is 1. The highest BCUT2D eigenvalue weighted by Gasteiger charge is 2.19. The highest BCUT2D eigenvalue weighted by Crippen LogP contribution is 2.20. The molecular formula is C25H28N4O. The maximum atomic E-state index is 12.4. The van der Waals surface area contributed by atoms with E-state index in [0.717, 1.165) is 37.4 Å². The molecule has 30 heavy (non-hydrogen) atoms. The summed E-state index contributed by atoms with van der Waals surface area (Å²) < 4.78 is 0. The summed E-state index contributed by atoms with van der Waals surface area (Å²) in [6.45, 7) is 4.56. The fraction of sp³-hybridized carbons (Fsp3) is 0.240. The molecular weight excluding hydrogens is 372 g/mol. The Morgan fingerprint density at radius 3 is 2.27 bits per heavy atom. The lowest BCUT2D eigenvalue weighted by atomic mass is 10.0. The van der Waals surface area contributed by atoms with Gasteiger partial charge in [-0.05, 0) is 47.0 Å². The highest BCUT2D eigenvalue weighted by molar-refractivity contribution is 5.78. The summed E-state index contributed by atoms with van der Waals surface area (Å²) >= 11 is 0. The molecule has 1 heterocycles. The molecule has 154 valence electrons. The zero-order valence-corrected chi connectivity index (χ0v) is 17.1. The summed E-state index contributed by atoms with van der Waals surface area (Å²) in [4.78, 5) is 17.0. The molecule has 1 amide bonds. The van der Waals surface area contributed by atoms with Crippen molar-refractivity contribution >= 4 is 17.3 Å². The van der Waals surface area contributed by atoms with Gasteiger partial charge in [-0.15, -0.1) is 0 Å². The number of piperazine rings is 1. The van der Waals surface area contributed by atoms with Gasteiger partial charge in [-0.3, -0.25) is 9.69 Å². The average molecular weight is 401 g/mol. The number of amides is 1. The molecule has 3 N–H and O–H groups in total. The van der Waals surface area contributed by atoms with Crippen molar-refractivity contribution in [3.05, 3.63) is 84.4 Å². The number of rotatable bonds is 6. The number of carbonyl (C=O) groups excluding carboxylic acids is 1. The van der Waals surface area contributed by atoms with E-state index in [0.29, 0.717) is 13.1 Å². The number of hydrogen-bond donors (Lipinski definition) is 2. The minimum absolute atomic E-state index is 0.0704. The molecule has 5 nitrogen and oxygen atoms in total. The van der Waals surface area contributed by atoms with Crippen LogP contribution in [0.2, 0.25) is 0 Å². The molecule has 1 saturated heterocycles. The van der Waals surface area contributed by atoms with Crippen LogP contribution in [0, 0.1) is 0 Å². The number of hydrogen-bond acceptors (Lipinski definition) is 4. The van der Waals surface area contributed by atoms with Crippen molar-refractivity contribution in [2.45, 2.75) is 6.54 Å². The quantitative estimate of drug-likeness (QED) is 0.623. The third kappa shape index (κ3) is 5.19. The first-order chi connectivity index (χ1) is 14.7. The smallest absolute Gasteiger partial charge is 0.234 e. The van der Waals surface area contributed by atoms with Crippen LogP contribution < -0.4 is 16.0 Å². The van der Waals surface area contributed by atoms with E-state index in [9.17, 15) is 4.79 Å². The zero-order chi connectivity index (χ0) is 20.8. The number of benzene rings is 3. The zero-order valence-electron chi connectivity index (χ0n) is 17.1. The van der Waals surface area contributed by atoms with Crippen LogP contribution in [0.3, 0.4) is 0 Å². The number of nitrogens with two attached hydrogens (primary N) is 1. The predicted octanol–water partition coefficient (Wildman–Crippen LogP) is 3.37. The van der Waals surface area contributed by atoms with Gasteiger partial charge in [0.1, 0.15) is 0 Å². The second-order valence-electron chi connectivity index (χ2n) is 7.70. The molecule has 0 bridgehead atoms. The Morgan fingerprint density at radius 1 is 0.833 bits per heavy atom. The Kier molecular flexibility index (Phi) is 6.30. The molecule has 1 fully saturated rings. The third-order valence-corrected chi connectivity index (χ3v) is 5.52. The van der Waals surface area contributed by atoms with Gasteiger partial charge < -0.3 is 16.0 Å². The van der Waals surface area contributed by atoms with Crippen molar-refractivity contribution in [1.29, 1.82) is 0 Å². The van der Waals surface area contributed by atoms with Crippen LogP contribution in [0.15, 0.2) is 78.9 Å². The second-order valence-corrected chi connectivity index (χ2v) is 7.70. The van der Waals surface area contributed by atoms with Crippen molar-refractivity contribution in [2.24, 2.45) is 0 Å².